The normalized spacial score (nSPS) is 11.8. The molecule has 34 heavy (non-hydrogen) atoms. The Labute approximate surface area is 195 Å². The standard InChI is InChI=1S/C23H25N5O6/c1-11(2)15-9-16(18(30)10-17(15)29)19-26-27-20(22(32)24-4)28(19)14-7-5-13(6-8-14)21(31)25-12(3)23(33)34/h5-12,29-30H,1-4H3,(H,24,32)(H,25,31)(H,33,34)/t12-/m0/s1. The highest BCUT2D eigenvalue weighted by atomic mass is 16.4. The van der Waals surface area contributed by atoms with Crippen LogP contribution < -0.4 is 10.6 Å². The molecule has 0 saturated carbocycles. The van der Waals surface area contributed by atoms with E-state index in [-0.39, 0.29) is 40.2 Å². The zero-order valence-electron chi connectivity index (χ0n) is 19.0. The van der Waals surface area contributed by atoms with E-state index in [1.807, 2.05) is 13.8 Å². The highest BCUT2D eigenvalue weighted by Gasteiger charge is 2.24. The number of hydrogen-bond donors (Lipinski definition) is 5. The van der Waals surface area contributed by atoms with Crippen molar-refractivity contribution in [2.45, 2.75) is 32.7 Å². The van der Waals surface area contributed by atoms with Gasteiger partial charge in [0.2, 0.25) is 5.82 Å². The van der Waals surface area contributed by atoms with Gasteiger partial charge in [0.15, 0.2) is 5.82 Å². The van der Waals surface area contributed by atoms with Crippen molar-refractivity contribution in [2.75, 3.05) is 7.05 Å². The highest BCUT2D eigenvalue weighted by molar-refractivity contribution is 5.97. The summed E-state index contributed by atoms with van der Waals surface area (Å²) in [6, 6.07) is 7.74. The number of carbonyl (C=O) groups is 3. The van der Waals surface area contributed by atoms with E-state index in [4.69, 9.17) is 5.11 Å². The maximum Gasteiger partial charge on any atom is 0.325 e. The molecule has 3 aromatic rings. The largest absolute Gasteiger partial charge is 0.508 e. The summed E-state index contributed by atoms with van der Waals surface area (Å²) in [7, 11) is 1.44. The Morgan fingerprint density at radius 1 is 0.941 bits per heavy atom. The van der Waals surface area contributed by atoms with Crippen molar-refractivity contribution < 1.29 is 29.7 Å². The number of phenols is 2. The summed E-state index contributed by atoms with van der Waals surface area (Å²) in [6.07, 6.45) is 0. The molecule has 0 aliphatic carbocycles. The summed E-state index contributed by atoms with van der Waals surface area (Å²) >= 11 is 0. The number of amides is 2. The molecule has 1 aromatic heterocycles. The lowest BCUT2D eigenvalue weighted by atomic mass is 9.98. The number of carboxylic acid groups (broad SMARTS) is 1. The molecule has 0 radical (unpaired) electrons. The van der Waals surface area contributed by atoms with Gasteiger partial charge in [0, 0.05) is 24.4 Å². The van der Waals surface area contributed by atoms with Crippen molar-refractivity contribution in [1.29, 1.82) is 0 Å². The lowest BCUT2D eigenvalue weighted by Gasteiger charge is -2.15. The van der Waals surface area contributed by atoms with Crippen molar-refractivity contribution in [2.24, 2.45) is 0 Å². The Morgan fingerprint density at radius 3 is 2.15 bits per heavy atom. The molecule has 11 nitrogen and oxygen atoms in total. The zero-order chi connectivity index (χ0) is 25.2. The molecule has 0 unspecified atom stereocenters. The maximum absolute atomic E-state index is 12.5. The van der Waals surface area contributed by atoms with Crippen LogP contribution in [0.1, 0.15) is 53.2 Å². The molecule has 0 aliphatic heterocycles. The van der Waals surface area contributed by atoms with Crippen LogP contribution in [0.25, 0.3) is 17.1 Å². The molecular formula is C23H25N5O6. The van der Waals surface area contributed by atoms with Crippen LogP contribution in [-0.2, 0) is 4.79 Å². The molecule has 1 atom stereocenters. The predicted molar refractivity (Wildman–Crippen MR) is 122 cm³/mol. The Morgan fingerprint density at radius 2 is 1.59 bits per heavy atom. The summed E-state index contributed by atoms with van der Waals surface area (Å²) in [5, 5.41) is 42.6. The minimum absolute atomic E-state index is 0.0554. The monoisotopic (exact) mass is 467 g/mol. The number of aromatic hydroxyl groups is 2. The number of aliphatic carboxylic acids is 1. The van der Waals surface area contributed by atoms with E-state index >= 15 is 0 Å². The van der Waals surface area contributed by atoms with Crippen molar-refractivity contribution >= 4 is 17.8 Å². The van der Waals surface area contributed by atoms with E-state index in [0.717, 1.165) is 0 Å². The number of rotatable bonds is 7. The van der Waals surface area contributed by atoms with Crippen LogP contribution in [0.15, 0.2) is 36.4 Å². The number of carboxylic acids is 1. The second-order valence-electron chi connectivity index (χ2n) is 7.92. The number of nitrogens with zero attached hydrogens (tertiary/aromatic N) is 3. The third-order valence-electron chi connectivity index (χ3n) is 5.21. The Hall–Kier alpha value is -4.41. The van der Waals surface area contributed by atoms with E-state index in [1.165, 1.54) is 36.7 Å². The fourth-order valence-corrected chi connectivity index (χ4v) is 3.30. The Kier molecular flexibility index (Phi) is 6.85. The summed E-state index contributed by atoms with van der Waals surface area (Å²) in [4.78, 5) is 35.8. The first-order valence-electron chi connectivity index (χ1n) is 10.4. The molecule has 1 heterocycles. The zero-order valence-corrected chi connectivity index (χ0v) is 19.0. The summed E-state index contributed by atoms with van der Waals surface area (Å²) in [5.41, 5.74) is 1.45. The summed E-state index contributed by atoms with van der Waals surface area (Å²) in [6.45, 7) is 5.11. The van der Waals surface area contributed by atoms with Gasteiger partial charge < -0.3 is 26.0 Å². The van der Waals surface area contributed by atoms with Crippen LogP contribution >= 0.6 is 0 Å². The van der Waals surface area contributed by atoms with Gasteiger partial charge >= 0.3 is 5.97 Å². The SMILES string of the molecule is CNC(=O)c1nnc(-c2cc(C(C)C)c(O)cc2O)n1-c1ccc(C(=O)N[C@@H](C)C(=O)O)cc1. The number of hydrogen-bond acceptors (Lipinski definition) is 7. The number of nitrogens with one attached hydrogen (secondary N) is 2. The quantitative estimate of drug-likeness (QED) is 0.352. The average molecular weight is 467 g/mol. The van der Waals surface area contributed by atoms with Crippen LogP contribution in [0.2, 0.25) is 0 Å². The minimum atomic E-state index is -1.16. The van der Waals surface area contributed by atoms with E-state index in [1.54, 1.807) is 18.2 Å². The van der Waals surface area contributed by atoms with Crippen molar-refractivity contribution in [3.63, 3.8) is 0 Å². The molecule has 2 amide bonds. The third-order valence-corrected chi connectivity index (χ3v) is 5.21. The van der Waals surface area contributed by atoms with Gasteiger partial charge in [-0.1, -0.05) is 13.8 Å². The Bertz CT molecular complexity index is 1250. The lowest BCUT2D eigenvalue weighted by molar-refractivity contribution is -0.138. The molecular weight excluding hydrogens is 442 g/mol. The number of carbonyl (C=O) groups excluding carboxylic acids is 2. The molecule has 0 saturated heterocycles. The summed E-state index contributed by atoms with van der Waals surface area (Å²) < 4.78 is 1.41. The van der Waals surface area contributed by atoms with Gasteiger partial charge in [0.05, 0.1) is 5.56 Å². The molecule has 0 bridgehead atoms. The van der Waals surface area contributed by atoms with E-state index in [0.29, 0.717) is 11.3 Å². The minimum Gasteiger partial charge on any atom is -0.508 e. The first-order chi connectivity index (χ1) is 16.0. The third kappa shape index (κ3) is 4.68. The molecule has 5 N–H and O–H groups in total. The fraction of sp³-hybridized carbons (Fsp3) is 0.261. The average Bonchev–Trinajstić information content (AvgIpc) is 3.23. The topological polar surface area (TPSA) is 167 Å². The van der Waals surface area contributed by atoms with Gasteiger partial charge in [0.1, 0.15) is 17.5 Å². The van der Waals surface area contributed by atoms with Gasteiger partial charge in [0.25, 0.3) is 11.8 Å². The maximum atomic E-state index is 12.5. The van der Waals surface area contributed by atoms with Gasteiger partial charge in [-0.2, -0.15) is 0 Å². The summed E-state index contributed by atoms with van der Waals surface area (Å²) in [5.74, 6) is -2.56. The molecule has 2 aromatic carbocycles. The van der Waals surface area contributed by atoms with Gasteiger partial charge in [-0.3, -0.25) is 19.0 Å². The second-order valence-corrected chi connectivity index (χ2v) is 7.92. The first kappa shape index (κ1) is 24.2. The molecule has 3 rings (SSSR count). The van der Waals surface area contributed by atoms with Crippen LogP contribution in [0.3, 0.4) is 0 Å². The lowest BCUT2D eigenvalue weighted by Crippen LogP contribution is -2.38. The second kappa shape index (κ2) is 9.61. The molecule has 0 fully saturated rings. The van der Waals surface area contributed by atoms with Crippen LogP contribution in [0, 0.1) is 0 Å². The number of benzene rings is 2. The van der Waals surface area contributed by atoms with Crippen LogP contribution in [0.5, 0.6) is 11.5 Å². The van der Waals surface area contributed by atoms with Crippen molar-refractivity contribution in [3.05, 3.63) is 53.3 Å². The first-order valence-corrected chi connectivity index (χ1v) is 10.4. The molecule has 178 valence electrons. The number of phenolic OH excluding ortho intramolecular Hbond substituents is 2. The predicted octanol–water partition coefficient (Wildman–Crippen LogP) is 2.03. The molecule has 11 heteroatoms. The smallest absolute Gasteiger partial charge is 0.325 e. The van der Waals surface area contributed by atoms with E-state index in [9.17, 15) is 24.6 Å². The molecule has 0 aliphatic rings. The molecule has 0 spiro atoms. The van der Waals surface area contributed by atoms with Crippen LogP contribution in [-0.4, -0.2) is 61.0 Å². The number of aromatic nitrogens is 3. The van der Waals surface area contributed by atoms with Gasteiger partial charge in [-0.05, 0) is 48.7 Å². The van der Waals surface area contributed by atoms with E-state index in [2.05, 4.69) is 20.8 Å². The van der Waals surface area contributed by atoms with Gasteiger partial charge in [-0.15, -0.1) is 10.2 Å². The van der Waals surface area contributed by atoms with Gasteiger partial charge in [-0.25, -0.2) is 0 Å². The van der Waals surface area contributed by atoms with Crippen molar-refractivity contribution in [1.82, 2.24) is 25.4 Å². The highest BCUT2D eigenvalue weighted by Crippen LogP contribution is 2.38. The fourth-order valence-electron chi connectivity index (χ4n) is 3.30. The Balaban J connectivity index is 2.11. The van der Waals surface area contributed by atoms with Crippen LogP contribution in [0.4, 0.5) is 0 Å². The van der Waals surface area contributed by atoms with Crippen molar-refractivity contribution in [3.8, 4) is 28.6 Å². The van der Waals surface area contributed by atoms with E-state index < -0.39 is 23.8 Å².